The van der Waals surface area contributed by atoms with Crippen molar-refractivity contribution in [3.63, 3.8) is 0 Å². The lowest BCUT2D eigenvalue weighted by molar-refractivity contribution is -0.120. The van der Waals surface area contributed by atoms with Gasteiger partial charge in [0.1, 0.15) is 0 Å². The van der Waals surface area contributed by atoms with Gasteiger partial charge in [0.05, 0.1) is 5.54 Å². The molecule has 0 aromatic carbocycles. The first-order valence-electron chi connectivity index (χ1n) is 7.69. The molecule has 0 aromatic rings. The van der Waals surface area contributed by atoms with Gasteiger partial charge in [0.25, 0.3) is 0 Å². The smallest absolute Gasteiger partial charge is 0.170 e. The largest absolute Gasteiger partial charge is 0.354 e. The molecule has 112 valence electrons. The molecule has 0 amide bonds. The van der Waals surface area contributed by atoms with E-state index in [0.29, 0.717) is 16.8 Å². The molecule has 1 heterocycles. The van der Waals surface area contributed by atoms with Crippen LogP contribution in [-0.2, 0) is 4.79 Å². The molecule has 2 aliphatic carbocycles. The number of nitrogens with one attached hydrogen (secondary N) is 2. The maximum absolute atomic E-state index is 12.8. The summed E-state index contributed by atoms with van der Waals surface area (Å²) in [6.07, 6.45) is 12.1. The van der Waals surface area contributed by atoms with Crippen LogP contribution in [-0.4, -0.2) is 16.4 Å². The van der Waals surface area contributed by atoms with Crippen LogP contribution in [0.5, 0.6) is 0 Å². The van der Waals surface area contributed by atoms with E-state index in [1.165, 1.54) is 5.57 Å². The number of thiocarbonyl (C=S) groups is 1. The molecule has 4 heteroatoms. The van der Waals surface area contributed by atoms with Gasteiger partial charge in [-0.2, -0.15) is 0 Å². The summed E-state index contributed by atoms with van der Waals surface area (Å²) in [5.74, 6) is 0.974. The van der Waals surface area contributed by atoms with Crippen LogP contribution in [0.3, 0.4) is 0 Å². The summed E-state index contributed by atoms with van der Waals surface area (Å²) < 4.78 is 0. The van der Waals surface area contributed by atoms with Gasteiger partial charge in [-0.15, -0.1) is 0 Å². The molecule has 0 saturated heterocycles. The van der Waals surface area contributed by atoms with Gasteiger partial charge in [-0.1, -0.05) is 19.1 Å². The van der Waals surface area contributed by atoms with Crippen LogP contribution in [0.4, 0.5) is 0 Å². The van der Waals surface area contributed by atoms with Gasteiger partial charge in [0.15, 0.2) is 10.9 Å². The highest BCUT2D eigenvalue weighted by atomic mass is 32.1. The monoisotopic (exact) mass is 302 g/mol. The van der Waals surface area contributed by atoms with Crippen molar-refractivity contribution in [2.45, 2.75) is 45.1 Å². The molecular weight excluding hydrogens is 280 g/mol. The zero-order chi connectivity index (χ0) is 15.0. The minimum atomic E-state index is -0.230. The Morgan fingerprint density at radius 2 is 2.29 bits per heavy atom. The highest BCUT2D eigenvalue weighted by molar-refractivity contribution is 7.80. The standard InChI is InChI=1S/C17H22N2OS/c1-11-3-6-14-12(9-11)4-5-13(15(14)20)10-17(2)7-8-18-16(21)19-17/h6-9,11,13H,3-5,10H2,1-2H3,(H2,18,19,21). The Morgan fingerprint density at radius 3 is 3.05 bits per heavy atom. The summed E-state index contributed by atoms with van der Waals surface area (Å²) in [7, 11) is 0. The van der Waals surface area contributed by atoms with E-state index in [0.717, 1.165) is 31.3 Å². The Bertz CT molecular complexity index is 575. The second-order valence-electron chi connectivity index (χ2n) is 6.68. The van der Waals surface area contributed by atoms with Crippen LogP contribution in [0.25, 0.3) is 0 Å². The third-order valence-electron chi connectivity index (χ3n) is 4.66. The van der Waals surface area contributed by atoms with Crippen molar-refractivity contribution in [2.75, 3.05) is 0 Å². The maximum Gasteiger partial charge on any atom is 0.170 e. The number of hydrogen-bond acceptors (Lipinski definition) is 2. The zero-order valence-electron chi connectivity index (χ0n) is 12.6. The number of Topliss-reactive ketones (excluding diaryl/α,β-unsaturated/α-hetero) is 1. The molecular formula is C17H22N2OS. The molecule has 3 rings (SSSR count). The second kappa shape index (κ2) is 5.41. The van der Waals surface area contributed by atoms with Gasteiger partial charge in [-0.05, 0) is 62.4 Å². The number of rotatable bonds is 2. The molecule has 21 heavy (non-hydrogen) atoms. The number of hydrogen-bond donors (Lipinski definition) is 2. The Morgan fingerprint density at radius 1 is 1.48 bits per heavy atom. The Labute approximate surface area is 131 Å². The van der Waals surface area contributed by atoms with Crippen molar-refractivity contribution in [1.29, 1.82) is 0 Å². The minimum absolute atomic E-state index is 0.0878. The van der Waals surface area contributed by atoms with E-state index in [1.54, 1.807) is 0 Å². The summed E-state index contributed by atoms with van der Waals surface area (Å²) in [6.45, 7) is 4.31. The van der Waals surface area contributed by atoms with Gasteiger partial charge in [0.2, 0.25) is 0 Å². The first-order chi connectivity index (χ1) is 9.97. The van der Waals surface area contributed by atoms with Gasteiger partial charge in [0, 0.05) is 17.7 Å². The van der Waals surface area contributed by atoms with Crippen molar-refractivity contribution in [1.82, 2.24) is 10.6 Å². The Kier molecular flexibility index (Phi) is 3.74. The topological polar surface area (TPSA) is 41.1 Å². The highest BCUT2D eigenvalue weighted by Gasteiger charge is 2.36. The fraction of sp³-hybridized carbons (Fsp3) is 0.529. The van der Waals surface area contributed by atoms with Crippen LogP contribution in [0.2, 0.25) is 0 Å². The zero-order valence-corrected chi connectivity index (χ0v) is 13.4. The highest BCUT2D eigenvalue weighted by Crippen LogP contribution is 2.38. The summed E-state index contributed by atoms with van der Waals surface area (Å²) in [5.41, 5.74) is 2.02. The quantitative estimate of drug-likeness (QED) is 0.770. The lowest BCUT2D eigenvalue weighted by atomic mass is 9.72. The molecule has 2 N–H and O–H groups in total. The summed E-state index contributed by atoms with van der Waals surface area (Å²) in [5, 5.41) is 6.89. The molecule has 3 atom stereocenters. The predicted octanol–water partition coefficient (Wildman–Crippen LogP) is 3.00. The molecule has 0 radical (unpaired) electrons. The van der Waals surface area contributed by atoms with E-state index < -0.39 is 0 Å². The lowest BCUT2D eigenvalue weighted by Crippen LogP contribution is -2.52. The molecule has 3 aliphatic rings. The van der Waals surface area contributed by atoms with E-state index in [4.69, 9.17) is 12.2 Å². The molecule has 0 aromatic heterocycles. The first kappa shape index (κ1) is 14.5. The van der Waals surface area contributed by atoms with Gasteiger partial charge < -0.3 is 10.6 Å². The SMILES string of the molecule is CC1C=C2CCC(CC3(C)C=CNC(=S)N3)C(=O)C2=CC1. The molecule has 1 aliphatic heterocycles. The lowest BCUT2D eigenvalue weighted by Gasteiger charge is -2.37. The molecule has 1 fully saturated rings. The predicted molar refractivity (Wildman–Crippen MR) is 88.7 cm³/mol. The third kappa shape index (κ3) is 2.95. The van der Waals surface area contributed by atoms with E-state index >= 15 is 0 Å². The molecule has 0 spiro atoms. The average Bonchev–Trinajstić information content (AvgIpc) is 2.41. The van der Waals surface area contributed by atoms with Gasteiger partial charge in [-0.3, -0.25) is 4.79 Å². The average molecular weight is 302 g/mol. The van der Waals surface area contributed by atoms with Crippen LogP contribution in [0.1, 0.15) is 39.5 Å². The van der Waals surface area contributed by atoms with Crippen molar-refractivity contribution in [2.24, 2.45) is 11.8 Å². The van der Waals surface area contributed by atoms with Crippen LogP contribution in [0, 0.1) is 11.8 Å². The number of carbonyl (C=O) groups is 1. The third-order valence-corrected chi connectivity index (χ3v) is 4.88. The molecule has 3 nitrogen and oxygen atoms in total. The second-order valence-corrected chi connectivity index (χ2v) is 7.08. The fourth-order valence-corrected chi connectivity index (χ4v) is 3.86. The Balaban J connectivity index is 1.75. The minimum Gasteiger partial charge on any atom is -0.354 e. The fourth-order valence-electron chi connectivity index (χ4n) is 3.56. The molecule has 3 unspecified atom stereocenters. The summed E-state index contributed by atoms with van der Waals surface area (Å²) in [4.78, 5) is 12.8. The van der Waals surface area contributed by atoms with E-state index in [9.17, 15) is 4.79 Å². The summed E-state index contributed by atoms with van der Waals surface area (Å²) in [6, 6.07) is 0. The van der Waals surface area contributed by atoms with Crippen LogP contribution >= 0.6 is 12.2 Å². The number of ketones is 1. The van der Waals surface area contributed by atoms with E-state index in [1.807, 2.05) is 6.20 Å². The summed E-state index contributed by atoms with van der Waals surface area (Å²) >= 11 is 5.18. The van der Waals surface area contributed by atoms with E-state index in [-0.39, 0.29) is 11.5 Å². The number of allylic oxidation sites excluding steroid dienone is 4. The van der Waals surface area contributed by atoms with Crippen molar-refractivity contribution >= 4 is 23.1 Å². The normalized spacial score (nSPS) is 35.3. The van der Waals surface area contributed by atoms with Crippen LogP contribution in [0.15, 0.2) is 35.6 Å². The number of carbonyl (C=O) groups excluding carboxylic acids is 1. The van der Waals surface area contributed by atoms with Crippen molar-refractivity contribution < 1.29 is 4.79 Å². The number of fused-ring (bicyclic) bond motifs is 1. The maximum atomic E-state index is 12.8. The molecule has 0 bridgehead atoms. The van der Waals surface area contributed by atoms with Gasteiger partial charge in [-0.25, -0.2) is 0 Å². The van der Waals surface area contributed by atoms with E-state index in [2.05, 4.69) is 42.7 Å². The van der Waals surface area contributed by atoms with Crippen molar-refractivity contribution in [3.8, 4) is 0 Å². The van der Waals surface area contributed by atoms with Crippen molar-refractivity contribution in [3.05, 3.63) is 35.6 Å². The first-order valence-corrected chi connectivity index (χ1v) is 8.09. The molecule has 1 saturated carbocycles. The van der Waals surface area contributed by atoms with Gasteiger partial charge >= 0.3 is 0 Å². The Hall–Kier alpha value is -1.42. The van der Waals surface area contributed by atoms with Crippen LogP contribution < -0.4 is 10.6 Å².